The van der Waals surface area contributed by atoms with Gasteiger partial charge in [-0.05, 0) is 58.1 Å². The van der Waals surface area contributed by atoms with E-state index in [1.54, 1.807) is 0 Å². The van der Waals surface area contributed by atoms with Crippen LogP contribution in [0.3, 0.4) is 0 Å². The maximum atomic E-state index is 6.47. The third-order valence-electron chi connectivity index (χ3n) is 9.75. The lowest BCUT2D eigenvalue weighted by Gasteiger charge is -2.06. The second-order valence-corrected chi connectivity index (χ2v) is 13.1. The van der Waals surface area contributed by atoms with Crippen LogP contribution in [0.5, 0.6) is 0 Å². The van der Waals surface area contributed by atoms with E-state index in [4.69, 9.17) is 4.42 Å². The van der Waals surface area contributed by atoms with Gasteiger partial charge in [-0.1, -0.05) is 103 Å². The highest BCUT2D eigenvalue weighted by atomic mass is 32.1. The molecule has 0 atom stereocenters. The smallest absolute Gasteiger partial charge is 0.143 e. The van der Waals surface area contributed by atoms with Crippen LogP contribution in [0, 0.1) is 0 Å². The minimum atomic E-state index is 0.923. The van der Waals surface area contributed by atoms with Crippen molar-refractivity contribution in [2.24, 2.45) is 0 Å². The average molecular weight is 590 g/mol. The molecule has 7 aromatic carbocycles. The van der Waals surface area contributed by atoms with Gasteiger partial charge in [-0.2, -0.15) is 0 Å². The van der Waals surface area contributed by atoms with Crippen LogP contribution >= 0.6 is 11.3 Å². The summed E-state index contributed by atoms with van der Waals surface area (Å²) in [7, 11) is 0. The number of aromatic nitrogens is 1. The second-order valence-electron chi connectivity index (χ2n) is 12.0. The summed E-state index contributed by atoms with van der Waals surface area (Å²) in [5, 5.41) is 12.6. The monoisotopic (exact) mass is 589 g/mol. The van der Waals surface area contributed by atoms with Crippen LogP contribution in [0.4, 0.5) is 0 Å². The van der Waals surface area contributed by atoms with Gasteiger partial charge in [0, 0.05) is 52.7 Å². The summed E-state index contributed by atoms with van der Waals surface area (Å²) in [5.41, 5.74) is 7.83. The first-order valence-corrected chi connectivity index (χ1v) is 16.2. The number of furan rings is 1. The van der Waals surface area contributed by atoms with E-state index in [1.807, 2.05) is 17.4 Å². The zero-order valence-electron chi connectivity index (χ0n) is 24.0. The maximum absolute atomic E-state index is 6.47. The van der Waals surface area contributed by atoms with Crippen molar-refractivity contribution in [3.8, 4) is 11.1 Å². The number of hydrogen-bond donors (Lipinski definition) is 0. The van der Waals surface area contributed by atoms with Crippen LogP contribution in [0.1, 0.15) is 0 Å². The molecule has 11 aromatic rings. The first kappa shape index (κ1) is 23.8. The van der Waals surface area contributed by atoms with Crippen LogP contribution in [0.25, 0.3) is 102 Å². The molecule has 0 aliphatic carbocycles. The summed E-state index contributed by atoms with van der Waals surface area (Å²) in [6.45, 7) is 0. The second kappa shape index (κ2) is 8.50. The fraction of sp³-hybridized carbons (Fsp3) is 0. The summed E-state index contributed by atoms with van der Waals surface area (Å²) in [6.07, 6.45) is 0. The van der Waals surface area contributed by atoms with E-state index >= 15 is 0 Å². The van der Waals surface area contributed by atoms with Gasteiger partial charge >= 0.3 is 0 Å². The Morgan fingerprint density at radius 1 is 0.444 bits per heavy atom. The summed E-state index contributed by atoms with van der Waals surface area (Å²) in [4.78, 5) is 0. The molecular weight excluding hydrogens is 567 g/mol. The Morgan fingerprint density at radius 3 is 2.04 bits per heavy atom. The van der Waals surface area contributed by atoms with E-state index in [9.17, 15) is 0 Å². The molecule has 0 amide bonds. The molecule has 0 radical (unpaired) electrons. The van der Waals surface area contributed by atoms with E-state index in [2.05, 4.69) is 138 Å². The van der Waals surface area contributed by atoms with Crippen LogP contribution in [-0.2, 0) is 0 Å². The highest BCUT2D eigenvalue weighted by Gasteiger charge is 2.20. The molecule has 0 bridgehead atoms. The van der Waals surface area contributed by atoms with Gasteiger partial charge < -0.3 is 8.82 Å². The van der Waals surface area contributed by atoms with Crippen molar-refractivity contribution < 1.29 is 4.42 Å². The Labute approximate surface area is 260 Å². The number of para-hydroxylation sites is 3. The first-order chi connectivity index (χ1) is 22.3. The average Bonchev–Trinajstić information content (AvgIpc) is 3.77. The molecule has 11 rings (SSSR count). The van der Waals surface area contributed by atoms with Gasteiger partial charge in [-0.15, -0.1) is 11.3 Å². The van der Waals surface area contributed by atoms with Crippen molar-refractivity contribution in [3.63, 3.8) is 0 Å². The van der Waals surface area contributed by atoms with E-state index in [0.717, 1.165) is 33.1 Å². The van der Waals surface area contributed by atoms with E-state index in [-0.39, 0.29) is 0 Å². The van der Waals surface area contributed by atoms with E-state index in [1.165, 1.54) is 69.0 Å². The van der Waals surface area contributed by atoms with Crippen LogP contribution in [-0.4, -0.2) is 4.40 Å². The molecule has 0 fully saturated rings. The first-order valence-electron chi connectivity index (χ1n) is 15.4. The van der Waals surface area contributed by atoms with E-state index in [0.29, 0.717) is 0 Å². The molecule has 0 aliphatic heterocycles. The van der Waals surface area contributed by atoms with Crippen LogP contribution in [0.2, 0.25) is 0 Å². The van der Waals surface area contributed by atoms with Crippen molar-refractivity contribution in [3.05, 3.63) is 140 Å². The molecule has 0 saturated heterocycles. The van der Waals surface area contributed by atoms with Crippen molar-refractivity contribution in [1.82, 2.24) is 4.40 Å². The quantitative estimate of drug-likeness (QED) is 0.186. The SMILES string of the molecule is c1ccc2c(c1)oc1c(-c3ccc4c(c3)c3ccc5sc6cccc7c8ccccc8c8ccccc8n4c3c5c67)cccc12. The molecule has 0 aliphatic rings. The number of fused-ring (bicyclic) bond motifs is 11. The van der Waals surface area contributed by atoms with Crippen LogP contribution < -0.4 is 0 Å². The number of thiophene rings is 1. The summed E-state index contributed by atoms with van der Waals surface area (Å²) in [5.74, 6) is 0. The molecule has 3 heteroatoms. The van der Waals surface area contributed by atoms with Gasteiger partial charge in [0.25, 0.3) is 0 Å². The largest absolute Gasteiger partial charge is 0.455 e. The van der Waals surface area contributed by atoms with Crippen molar-refractivity contribution in [2.45, 2.75) is 0 Å². The van der Waals surface area contributed by atoms with Gasteiger partial charge in [0.05, 0.1) is 16.6 Å². The van der Waals surface area contributed by atoms with E-state index < -0.39 is 0 Å². The Kier molecular flexibility index (Phi) is 4.49. The van der Waals surface area contributed by atoms with Crippen LogP contribution in [0.15, 0.2) is 144 Å². The molecule has 208 valence electrons. The Morgan fingerprint density at radius 2 is 1.13 bits per heavy atom. The zero-order chi connectivity index (χ0) is 29.2. The third kappa shape index (κ3) is 3.03. The molecular formula is C42H23NOS. The van der Waals surface area contributed by atoms with Crippen molar-refractivity contribution >= 4 is 102 Å². The minimum Gasteiger partial charge on any atom is -0.455 e. The zero-order valence-corrected chi connectivity index (χ0v) is 24.9. The molecule has 0 saturated carbocycles. The highest BCUT2D eigenvalue weighted by Crippen LogP contribution is 2.46. The minimum absolute atomic E-state index is 0.923. The lowest BCUT2D eigenvalue weighted by atomic mass is 9.99. The fourth-order valence-corrected chi connectivity index (χ4v) is 9.01. The number of rotatable bonds is 1. The number of benzene rings is 7. The summed E-state index contributed by atoms with van der Waals surface area (Å²) < 4.78 is 11.6. The summed E-state index contributed by atoms with van der Waals surface area (Å²) in [6, 6.07) is 51.0. The van der Waals surface area contributed by atoms with Gasteiger partial charge in [0.1, 0.15) is 11.2 Å². The lowest BCUT2D eigenvalue weighted by Crippen LogP contribution is -1.86. The van der Waals surface area contributed by atoms with Crippen molar-refractivity contribution in [1.29, 1.82) is 0 Å². The van der Waals surface area contributed by atoms with Gasteiger partial charge in [-0.3, -0.25) is 0 Å². The number of hydrogen-bond acceptors (Lipinski definition) is 2. The maximum Gasteiger partial charge on any atom is 0.143 e. The molecule has 0 unspecified atom stereocenters. The molecule has 0 spiro atoms. The Hall–Kier alpha value is -5.64. The topological polar surface area (TPSA) is 17.6 Å². The highest BCUT2D eigenvalue weighted by molar-refractivity contribution is 7.26. The molecule has 4 aromatic heterocycles. The standard InChI is InChI=1S/C42H23NOS/c1-2-10-27-26(9-1)28-11-3-5-16-34(28)43-35-21-19-24(25-13-7-15-32-29-12-4-6-17-36(29)44-42(25)32)23-33(35)31-20-22-38-40(41(31)43)39-30(27)14-8-18-37(39)45-38/h1-23H. The molecule has 2 nitrogen and oxygen atoms in total. The third-order valence-corrected chi connectivity index (χ3v) is 10.9. The normalized spacial score (nSPS) is 12.4. The predicted molar refractivity (Wildman–Crippen MR) is 193 cm³/mol. The van der Waals surface area contributed by atoms with Crippen molar-refractivity contribution in [2.75, 3.05) is 0 Å². The molecule has 45 heavy (non-hydrogen) atoms. The van der Waals surface area contributed by atoms with Gasteiger partial charge in [0.15, 0.2) is 0 Å². The predicted octanol–water partition coefficient (Wildman–Crippen LogP) is 12.5. The van der Waals surface area contributed by atoms with Gasteiger partial charge in [0.2, 0.25) is 0 Å². The molecule has 4 heterocycles. The van der Waals surface area contributed by atoms with Gasteiger partial charge in [-0.25, -0.2) is 0 Å². The summed E-state index contributed by atoms with van der Waals surface area (Å²) >= 11 is 1.89. The Balaban J connectivity index is 1.38. The fourth-order valence-electron chi connectivity index (χ4n) is 7.87. The molecule has 0 N–H and O–H groups in total. The number of nitrogens with zero attached hydrogens (tertiary/aromatic N) is 1. The Bertz CT molecular complexity index is 3030. The lowest BCUT2D eigenvalue weighted by molar-refractivity contribution is 0.670.